The van der Waals surface area contributed by atoms with Crippen LogP contribution in [0.15, 0.2) is 28.8 Å². The molecule has 0 radical (unpaired) electrons. The van der Waals surface area contributed by atoms with Crippen LogP contribution in [0.4, 0.5) is 4.79 Å². The first-order chi connectivity index (χ1) is 12.6. The first-order valence-corrected chi connectivity index (χ1v) is 9.22. The average Bonchev–Trinajstić information content (AvgIpc) is 3.16. The summed E-state index contributed by atoms with van der Waals surface area (Å²) in [6, 6.07) is 7.81. The Morgan fingerprint density at radius 1 is 1.38 bits per heavy atom. The number of rotatable bonds is 5. The Hall–Kier alpha value is -2.41. The Balaban J connectivity index is 1.65. The second-order valence-corrected chi connectivity index (χ2v) is 7.22. The molecule has 0 bridgehead atoms. The molecular formula is C19H27N5O2. The molecule has 7 heteroatoms. The maximum absolute atomic E-state index is 12.3. The molecule has 3 N–H and O–H groups in total. The van der Waals surface area contributed by atoms with E-state index in [0.717, 1.165) is 30.5 Å². The highest BCUT2D eigenvalue weighted by atomic mass is 16.5. The van der Waals surface area contributed by atoms with Crippen molar-refractivity contribution < 1.29 is 9.32 Å². The minimum Gasteiger partial charge on any atom is -0.339 e. The van der Waals surface area contributed by atoms with Crippen LogP contribution in [0.5, 0.6) is 0 Å². The zero-order valence-electron chi connectivity index (χ0n) is 15.4. The van der Waals surface area contributed by atoms with Crippen molar-refractivity contribution in [1.29, 1.82) is 0 Å². The fourth-order valence-corrected chi connectivity index (χ4v) is 3.07. The number of nitrogens with two attached hydrogens (primary N) is 1. The van der Waals surface area contributed by atoms with Gasteiger partial charge in [-0.15, -0.1) is 0 Å². The van der Waals surface area contributed by atoms with Crippen LogP contribution in [0.3, 0.4) is 0 Å². The van der Waals surface area contributed by atoms with E-state index in [1.807, 2.05) is 29.2 Å². The van der Waals surface area contributed by atoms with Gasteiger partial charge in [0, 0.05) is 31.7 Å². The molecule has 1 aromatic heterocycles. The average molecular weight is 357 g/mol. The number of amides is 2. The van der Waals surface area contributed by atoms with E-state index < -0.39 is 0 Å². The zero-order chi connectivity index (χ0) is 18.5. The second kappa shape index (κ2) is 8.31. The number of likely N-dealkylation sites (tertiary alicyclic amines) is 1. The predicted molar refractivity (Wildman–Crippen MR) is 99.4 cm³/mol. The van der Waals surface area contributed by atoms with Crippen LogP contribution >= 0.6 is 0 Å². The van der Waals surface area contributed by atoms with Gasteiger partial charge >= 0.3 is 6.03 Å². The number of nitrogens with one attached hydrogen (secondary N) is 1. The number of nitrogens with zero attached hydrogens (tertiary/aromatic N) is 3. The topological polar surface area (TPSA) is 97.3 Å². The molecule has 140 valence electrons. The summed E-state index contributed by atoms with van der Waals surface area (Å²) in [5.41, 5.74) is 7.59. The molecule has 2 heterocycles. The zero-order valence-corrected chi connectivity index (χ0v) is 15.4. The number of carbonyl (C=O) groups excluding carboxylic acids is 1. The molecule has 1 fully saturated rings. The van der Waals surface area contributed by atoms with E-state index in [4.69, 9.17) is 10.3 Å². The highest BCUT2D eigenvalue weighted by molar-refractivity contribution is 5.74. The molecule has 1 atom stereocenters. The highest BCUT2D eigenvalue weighted by Gasteiger charge is 2.28. The summed E-state index contributed by atoms with van der Waals surface area (Å²) in [5.74, 6) is 1.69. The van der Waals surface area contributed by atoms with Gasteiger partial charge in [-0.2, -0.15) is 4.98 Å². The molecule has 26 heavy (non-hydrogen) atoms. The van der Waals surface area contributed by atoms with E-state index >= 15 is 0 Å². The van der Waals surface area contributed by atoms with Crippen LogP contribution in [-0.2, 0) is 6.54 Å². The largest absolute Gasteiger partial charge is 0.339 e. The first kappa shape index (κ1) is 18.4. The minimum atomic E-state index is -0.0134. The van der Waals surface area contributed by atoms with Gasteiger partial charge in [-0.3, -0.25) is 0 Å². The Kier molecular flexibility index (Phi) is 5.88. The lowest BCUT2D eigenvalue weighted by Crippen LogP contribution is -2.45. The SMILES string of the molecule is CC(C)CNC(=O)N1CCCC(c2nc(-c3ccc(CN)cc3)no2)C1. The van der Waals surface area contributed by atoms with Crippen LogP contribution in [-0.4, -0.2) is 40.7 Å². The third kappa shape index (κ3) is 4.40. The molecule has 0 saturated carbocycles. The van der Waals surface area contributed by atoms with E-state index in [2.05, 4.69) is 29.3 Å². The molecule has 3 rings (SSSR count). The molecule has 1 saturated heterocycles. The summed E-state index contributed by atoms with van der Waals surface area (Å²) in [7, 11) is 0. The molecule has 2 amide bonds. The molecular weight excluding hydrogens is 330 g/mol. The maximum Gasteiger partial charge on any atom is 0.317 e. The highest BCUT2D eigenvalue weighted by Crippen LogP contribution is 2.27. The van der Waals surface area contributed by atoms with Crippen LogP contribution in [0.2, 0.25) is 0 Å². The van der Waals surface area contributed by atoms with Crippen molar-refractivity contribution in [3.63, 3.8) is 0 Å². The summed E-state index contributed by atoms with van der Waals surface area (Å²) in [5, 5.41) is 7.09. The van der Waals surface area contributed by atoms with Crippen molar-refractivity contribution in [1.82, 2.24) is 20.4 Å². The Morgan fingerprint density at radius 3 is 2.85 bits per heavy atom. The van der Waals surface area contributed by atoms with Crippen molar-refractivity contribution in [2.24, 2.45) is 11.7 Å². The van der Waals surface area contributed by atoms with E-state index in [-0.39, 0.29) is 11.9 Å². The Labute approximate surface area is 153 Å². The molecule has 1 unspecified atom stereocenters. The minimum absolute atomic E-state index is 0.0134. The first-order valence-electron chi connectivity index (χ1n) is 9.22. The molecule has 1 aliphatic rings. The van der Waals surface area contributed by atoms with Gasteiger partial charge in [-0.25, -0.2) is 4.79 Å². The van der Waals surface area contributed by atoms with Gasteiger partial charge < -0.3 is 20.5 Å². The summed E-state index contributed by atoms with van der Waals surface area (Å²) in [4.78, 5) is 18.7. The lowest BCUT2D eigenvalue weighted by atomic mass is 9.98. The standard InChI is InChI=1S/C19H27N5O2/c1-13(2)11-21-19(25)24-9-3-4-16(12-24)18-22-17(23-26-18)15-7-5-14(10-20)6-8-15/h5-8,13,16H,3-4,9-12,20H2,1-2H3,(H,21,25). The van der Waals surface area contributed by atoms with Crippen LogP contribution in [0, 0.1) is 5.92 Å². The third-order valence-electron chi connectivity index (χ3n) is 4.61. The lowest BCUT2D eigenvalue weighted by molar-refractivity contribution is 0.171. The second-order valence-electron chi connectivity index (χ2n) is 7.22. The summed E-state index contributed by atoms with van der Waals surface area (Å²) < 4.78 is 5.50. The Bertz CT molecular complexity index is 726. The van der Waals surface area contributed by atoms with Crippen LogP contribution < -0.4 is 11.1 Å². The summed E-state index contributed by atoms with van der Waals surface area (Å²) in [6.07, 6.45) is 1.88. The summed E-state index contributed by atoms with van der Waals surface area (Å²) in [6.45, 7) is 6.73. The smallest absolute Gasteiger partial charge is 0.317 e. The van der Waals surface area contributed by atoms with Gasteiger partial charge in [-0.1, -0.05) is 43.3 Å². The fourth-order valence-electron chi connectivity index (χ4n) is 3.07. The van der Waals surface area contributed by atoms with Crippen molar-refractivity contribution >= 4 is 6.03 Å². The van der Waals surface area contributed by atoms with E-state index in [1.54, 1.807) is 0 Å². The van der Waals surface area contributed by atoms with Crippen LogP contribution in [0.25, 0.3) is 11.4 Å². The molecule has 7 nitrogen and oxygen atoms in total. The normalized spacial score (nSPS) is 17.5. The van der Waals surface area contributed by atoms with Crippen LogP contribution in [0.1, 0.15) is 44.1 Å². The molecule has 0 spiro atoms. The quantitative estimate of drug-likeness (QED) is 0.857. The van der Waals surface area contributed by atoms with Gasteiger partial charge in [0.1, 0.15) is 0 Å². The monoisotopic (exact) mass is 357 g/mol. The van der Waals surface area contributed by atoms with Gasteiger partial charge in [0.25, 0.3) is 0 Å². The van der Waals surface area contributed by atoms with E-state index in [9.17, 15) is 4.79 Å². The molecule has 0 aliphatic carbocycles. The third-order valence-corrected chi connectivity index (χ3v) is 4.61. The van der Waals surface area contributed by atoms with Gasteiger partial charge in [0.05, 0.1) is 5.92 Å². The Morgan fingerprint density at radius 2 is 2.15 bits per heavy atom. The maximum atomic E-state index is 12.3. The van der Waals surface area contributed by atoms with Crippen molar-refractivity contribution in [2.75, 3.05) is 19.6 Å². The van der Waals surface area contributed by atoms with E-state index in [0.29, 0.717) is 37.3 Å². The van der Waals surface area contributed by atoms with Gasteiger partial charge in [0.2, 0.25) is 11.7 Å². The van der Waals surface area contributed by atoms with Crippen molar-refractivity contribution in [2.45, 2.75) is 39.2 Å². The number of carbonyl (C=O) groups is 1. The number of hydrogen-bond acceptors (Lipinski definition) is 5. The number of aromatic nitrogens is 2. The lowest BCUT2D eigenvalue weighted by Gasteiger charge is -2.31. The predicted octanol–water partition coefficient (Wildman–Crippen LogP) is 2.74. The summed E-state index contributed by atoms with van der Waals surface area (Å²) >= 11 is 0. The van der Waals surface area contributed by atoms with Crippen molar-refractivity contribution in [3.8, 4) is 11.4 Å². The number of urea groups is 1. The molecule has 2 aromatic rings. The van der Waals surface area contributed by atoms with E-state index in [1.165, 1.54) is 0 Å². The molecule has 1 aliphatic heterocycles. The van der Waals surface area contributed by atoms with Crippen molar-refractivity contribution in [3.05, 3.63) is 35.7 Å². The molecule has 1 aromatic carbocycles. The van der Waals surface area contributed by atoms with Gasteiger partial charge in [-0.05, 0) is 24.3 Å². The van der Waals surface area contributed by atoms with Gasteiger partial charge in [0.15, 0.2) is 0 Å². The number of hydrogen-bond donors (Lipinski definition) is 2. The number of benzene rings is 1. The fraction of sp³-hybridized carbons (Fsp3) is 0.526. The number of piperidine rings is 1.